The van der Waals surface area contributed by atoms with E-state index in [4.69, 9.17) is 5.11 Å². The predicted octanol–water partition coefficient (Wildman–Crippen LogP) is 4.99. The van der Waals surface area contributed by atoms with Crippen molar-refractivity contribution in [1.82, 2.24) is 0 Å². The lowest BCUT2D eigenvalue weighted by Crippen LogP contribution is -1.99. The molecule has 0 spiro atoms. The second-order valence-corrected chi connectivity index (χ2v) is 9.83. The van der Waals surface area contributed by atoms with Crippen LogP contribution < -0.4 is 0 Å². The number of benzene rings is 2. The Balaban J connectivity index is 2.08. The summed E-state index contributed by atoms with van der Waals surface area (Å²) in [6.45, 7) is 0.218. The molecule has 3 rings (SSSR count). The quantitative estimate of drug-likeness (QED) is 0.597. The average Bonchev–Trinajstić information content (AvgIpc) is 2.88. The third-order valence-corrected chi connectivity index (χ3v) is 6.72. The number of sulfone groups is 1. The fourth-order valence-electron chi connectivity index (χ4n) is 4.18. The molecule has 0 unspecified atom stereocenters. The predicted molar refractivity (Wildman–Crippen MR) is 118 cm³/mol. The smallest absolute Gasteiger partial charge is 0.175 e. The number of fused-ring (bicyclic) bond motifs is 1. The van der Waals surface area contributed by atoms with Gasteiger partial charge in [-0.3, -0.25) is 0 Å². The van der Waals surface area contributed by atoms with E-state index in [9.17, 15) is 13.5 Å². The summed E-state index contributed by atoms with van der Waals surface area (Å²) in [6.07, 6.45) is 8.55. The number of unbranched alkanes of at least 4 members (excludes halogenated alkanes) is 3. The molecule has 0 aromatic heterocycles. The molecular formula is C24H30O4S. The van der Waals surface area contributed by atoms with Crippen molar-refractivity contribution in [1.29, 1.82) is 0 Å². The molecule has 0 saturated carbocycles. The van der Waals surface area contributed by atoms with Gasteiger partial charge in [0.15, 0.2) is 9.84 Å². The number of phenols is 1. The highest BCUT2D eigenvalue weighted by atomic mass is 32.2. The fourth-order valence-corrected chi connectivity index (χ4v) is 4.84. The van der Waals surface area contributed by atoms with Crippen LogP contribution in [0.25, 0.3) is 11.1 Å². The van der Waals surface area contributed by atoms with Crippen LogP contribution >= 0.6 is 0 Å². The summed E-state index contributed by atoms with van der Waals surface area (Å²) in [7, 11) is -3.28. The second kappa shape index (κ2) is 9.59. The Kier molecular flexibility index (Phi) is 7.14. The maximum Gasteiger partial charge on any atom is 0.175 e. The normalized spacial score (nSPS) is 14.6. The molecule has 0 saturated heterocycles. The maximum atomic E-state index is 12.1. The average molecular weight is 415 g/mol. The number of hydrogen-bond donors (Lipinski definition) is 2. The van der Waals surface area contributed by atoms with Crippen LogP contribution in [-0.4, -0.2) is 31.5 Å². The van der Waals surface area contributed by atoms with Crippen molar-refractivity contribution in [3.05, 3.63) is 59.2 Å². The molecule has 29 heavy (non-hydrogen) atoms. The van der Waals surface area contributed by atoms with E-state index in [1.165, 1.54) is 6.26 Å². The summed E-state index contributed by atoms with van der Waals surface area (Å²) < 4.78 is 24.1. The summed E-state index contributed by atoms with van der Waals surface area (Å²) in [5, 5.41) is 19.7. The molecule has 0 aliphatic heterocycles. The van der Waals surface area contributed by atoms with Crippen LogP contribution in [-0.2, 0) is 16.3 Å². The molecule has 2 aromatic carbocycles. The molecular weight excluding hydrogens is 384 g/mol. The summed E-state index contributed by atoms with van der Waals surface area (Å²) in [5.41, 5.74) is 5.27. The minimum atomic E-state index is -3.28. The zero-order valence-electron chi connectivity index (χ0n) is 17.0. The summed E-state index contributed by atoms with van der Waals surface area (Å²) in [4.78, 5) is 0.326. The van der Waals surface area contributed by atoms with Gasteiger partial charge in [-0.25, -0.2) is 8.42 Å². The van der Waals surface area contributed by atoms with E-state index in [2.05, 4.69) is 6.07 Å². The van der Waals surface area contributed by atoms with Gasteiger partial charge in [0.1, 0.15) is 5.75 Å². The van der Waals surface area contributed by atoms with Crippen LogP contribution in [0, 0.1) is 0 Å². The monoisotopic (exact) mass is 414 g/mol. The van der Waals surface area contributed by atoms with Crippen molar-refractivity contribution in [3.63, 3.8) is 0 Å². The molecule has 0 fully saturated rings. The van der Waals surface area contributed by atoms with Gasteiger partial charge in [0.2, 0.25) is 0 Å². The largest absolute Gasteiger partial charge is 0.507 e. The van der Waals surface area contributed by atoms with E-state index in [0.717, 1.165) is 79.2 Å². The summed E-state index contributed by atoms with van der Waals surface area (Å²) >= 11 is 0. The van der Waals surface area contributed by atoms with Crippen molar-refractivity contribution in [2.45, 2.75) is 56.3 Å². The highest BCUT2D eigenvalue weighted by Crippen LogP contribution is 2.42. The van der Waals surface area contributed by atoms with Gasteiger partial charge in [0.05, 0.1) is 4.90 Å². The van der Waals surface area contributed by atoms with E-state index in [-0.39, 0.29) is 6.61 Å². The van der Waals surface area contributed by atoms with Crippen molar-refractivity contribution < 1.29 is 18.6 Å². The lowest BCUT2D eigenvalue weighted by molar-refractivity contribution is 0.282. The lowest BCUT2D eigenvalue weighted by atomic mass is 9.88. The first-order valence-electron chi connectivity index (χ1n) is 10.4. The van der Waals surface area contributed by atoms with Crippen molar-refractivity contribution in [2.75, 3.05) is 12.9 Å². The third-order valence-electron chi connectivity index (χ3n) is 5.61. The molecule has 1 aliphatic rings. The highest BCUT2D eigenvalue weighted by Gasteiger charge is 2.21. The molecule has 2 aromatic rings. The first kappa shape index (κ1) is 21.6. The van der Waals surface area contributed by atoms with Gasteiger partial charge in [-0.05, 0) is 79.0 Å². The fraction of sp³-hybridized carbons (Fsp3) is 0.417. The first-order valence-corrected chi connectivity index (χ1v) is 12.3. The number of aryl methyl sites for hydroxylation is 1. The van der Waals surface area contributed by atoms with Gasteiger partial charge in [-0.15, -0.1) is 0 Å². The Bertz CT molecular complexity index is 990. The molecule has 156 valence electrons. The Morgan fingerprint density at radius 2 is 1.72 bits per heavy atom. The molecule has 0 atom stereocenters. The molecule has 0 radical (unpaired) electrons. The second-order valence-electron chi connectivity index (χ2n) is 7.81. The summed E-state index contributed by atoms with van der Waals surface area (Å²) in [6, 6.07) is 12.9. The van der Waals surface area contributed by atoms with Gasteiger partial charge >= 0.3 is 0 Å². The van der Waals surface area contributed by atoms with E-state index in [1.807, 2.05) is 12.1 Å². The van der Waals surface area contributed by atoms with Crippen LogP contribution in [0.1, 0.15) is 61.6 Å². The van der Waals surface area contributed by atoms with E-state index in [0.29, 0.717) is 10.6 Å². The van der Waals surface area contributed by atoms with E-state index >= 15 is 0 Å². The van der Waals surface area contributed by atoms with Gasteiger partial charge in [0, 0.05) is 18.4 Å². The maximum absolute atomic E-state index is 12.1. The van der Waals surface area contributed by atoms with Crippen molar-refractivity contribution in [3.8, 4) is 5.75 Å². The Labute approximate surface area is 173 Å². The number of aliphatic hydroxyl groups excluding tert-OH is 1. The standard InChI is InChI=1S/C24H30O4S/c1-29(27,28)20-12-6-11-19(17-20)21-14-7-9-18-10-8-15-23(26)24(18)22(21)13-4-2-3-5-16-25/h6,8,10-12,15,17,25-26H,2-5,7,9,13-14,16H2,1H3. The number of phenolic OH excluding ortho intramolecular Hbond substituents is 1. The molecule has 4 nitrogen and oxygen atoms in total. The van der Waals surface area contributed by atoms with Crippen LogP contribution in [0.5, 0.6) is 5.75 Å². The van der Waals surface area contributed by atoms with E-state index < -0.39 is 9.84 Å². The van der Waals surface area contributed by atoms with Crippen molar-refractivity contribution >= 4 is 21.0 Å². The van der Waals surface area contributed by atoms with Crippen LogP contribution in [0.3, 0.4) is 0 Å². The van der Waals surface area contributed by atoms with Crippen LogP contribution in [0.2, 0.25) is 0 Å². The molecule has 1 aliphatic carbocycles. The topological polar surface area (TPSA) is 74.6 Å². The van der Waals surface area contributed by atoms with E-state index in [1.54, 1.807) is 24.3 Å². The number of aliphatic hydroxyl groups is 1. The first-order chi connectivity index (χ1) is 13.9. The number of rotatable bonds is 8. The molecule has 2 N–H and O–H groups in total. The van der Waals surface area contributed by atoms with Gasteiger partial charge in [-0.1, -0.05) is 37.1 Å². The molecule has 0 bridgehead atoms. The Morgan fingerprint density at radius 3 is 2.48 bits per heavy atom. The number of allylic oxidation sites excluding steroid dienone is 2. The Morgan fingerprint density at radius 1 is 0.966 bits per heavy atom. The molecule has 0 heterocycles. The minimum Gasteiger partial charge on any atom is -0.507 e. The van der Waals surface area contributed by atoms with Gasteiger partial charge in [0.25, 0.3) is 0 Å². The van der Waals surface area contributed by atoms with Gasteiger partial charge < -0.3 is 10.2 Å². The van der Waals surface area contributed by atoms with Crippen molar-refractivity contribution in [2.24, 2.45) is 0 Å². The number of aromatic hydroxyl groups is 1. The summed E-state index contributed by atoms with van der Waals surface area (Å²) in [5.74, 6) is 0.298. The lowest BCUT2D eigenvalue weighted by Gasteiger charge is -2.17. The minimum absolute atomic E-state index is 0.218. The SMILES string of the molecule is CS(=O)(=O)c1cccc(C2=C(CCCCCCO)c3c(O)cccc3CCC2)c1. The zero-order chi connectivity index (χ0) is 20.9. The van der Waals surface area contributed by atoms with Crippen LogP contribution in [0.4, 0.5) is 0 Å². The molecule has 0 amide bonds. The molecule has 5 heteroatoms. The zero-order valence-corrected chi connectivity index (χ0v) is 17.8. The highest BCUT2D eigenvalue weighted by molar-refractivity contribution is 7.90. The van der Waals surface area contributed by atoms with Gasteiger partial charge in [-0.2, -0.15) is 0 Å². The third kappa shape index (κ3) is 5.28. The van der Waals surface area contributed by atoms with Crippen LogP contribution in [0.15, 0.2) is 47.4 Å². The Hall–Kier alpha value is -2.11. The number of hydrogen-bond acceptors (Lipinski definition) is 4.